The molecule has 12 heteroatoms. The van der Waals surface area contributed by atoms with Gasteiger partial charge in [-0.05, 0) is 74.2 Å². The Bertz CT molecular complexity index is 1130. The zero-order valence-electron chi connectivity index (χ0n) is 22.3. The van der Waals surface area contributed by atoms with Gasteiger partial charge < -0.3 is 10.2 Å². The van der Waals surface area contributed by atoms with Gasteiger partial charge in [-0.1, -0.05) is 27.7 Å². The molecule has 0 spiro atoms. The molecule has 0 bridgehead atoms. The fourth-order valence-electron chi connectivity index (χ4n) is 3.54. The minimum Gasteiger partial charge on any atom is -0.478 e. The summed E-state index contributed by atoms with van der Waals surface area (Å²) < 4.78 is 52.4. The van der Waals surface area contributed by atoms with Crippen LogP contribution in [0, 0.1) is 0 Å². The molecule has 2 rings (SSSR count). The van der Waals surface area contributed by atoms with Gasteiger partial charge in [0.05, 0.1) is 20.9 Å². The molecule has 0 heterocycles. The van der Waals surface area contributed by atoms with Gasteiger partial charge in [-0.15, -0.1) is 0 Å². The molecule has 2 N–H and O–H groups in total. The van der Waals surface area contributed by atoms with E-state index in [1.54, 1.807) is 0 Å². The third-order valence-electron chi connectivity index (χ3n) is 5.37. The molecule has 0 aliphatic heterocycles. The number of sulfonamides is 2. The summed E-state index contributed by atoms with van der Waals surface area (Å²) >= 11 is 0. The first-order valence-electron chi connectivity index (χ1n) is 12.5. The van der Waals surface area contributed by atoms with Gasteiger partial charge in [0.2, 0.25) is 20.0 Å². The maximum absolute atomic E-state index is 12.4. The number of aromatic carboxylic acids is 2. The van der Waals surface area contributed by atoms with Crippen LogP contribution in [0.15, 0.2) is 58.3 Å². The van der Waals surface area contributed by atoms with E-state index in [4.69, 9.17) is 10.2 Å². The van der Waals surface area contributed by atoms with E-state index in [2.05, 4.69) is 0 Å². The first-order valence-corrected chi connectivity index (χ1v) is 15.4. The van der Waals surface area contributed by atoms with Gasteiger partial charge in [0.25, 0.3) is 0 Å². The number of rotatable bonds is 14. The summed E-state index contributed by atoms with van der Waals surface area (Å²) in [4.78, 5) is 21.8. The van der Waals surface area contributed by atoms with Crippen molar-refractivity contribution in [2.75, 3.05) is 26.2 Å². The van der Waals surface area contributed by atoms with Crippen LogP contribution in [0.3, 0.4) is 0 Å². The van der Waals surface area contributed by atoms with Crippen LogP contribution in [0.5, 0.6) is 0 Å². The highest BCUT2D eigenvalue weighted by Gasteiger charge is 2.24. The number of carboxylic acids is 2. The monoisotopic (exact) mass is 570 g/mol. The highest BCUT2D eigenvalue weighted by atomic mass is 32.2. The Morgan fingerprint density at radius 3 is 0.974 bits per heavy atom. The average molecular weight is 571 g/mol. The zero-order valence-corrected chi connectivity index (χ0v) is 24.0. The topological polar surface area (TPSA) is 149 Å². The molecule has 0 saturated heterocycles. The van der Waals surface area contributed by atoms with Crippen molar-refractivity contribution in [1.29, 1.82) is 0 Å². The lowest BCUT2D eigenvalue weighted by Crippen LogP contribution is -2.32. The second-order valence-corrected chi connectivity index (χ2v) is 12.3. The van der Waals surface area contributed by atoms with Gasteiger partial charge in [0.15, 0.2) is 0 Å². The summed E-state index contributed by atoms with van der Waals surface area (Å²) in [6.07, 6.45) is 2.97. The van der Waals surface area contributed by atoms with Crippen molar-refractivity contribution >= 4 is 32.0 Å². The molecule has 0 fully saturated rings. The van der Waals surface area contributed by atoms with Gasteiger partial charge >= 0.3 is 11.9 Å². The molecule has 212 valence electrons. The van der Waals surface area contributed by atoms with E-state index in [9.17, 15) is 26.4 Å². The van der Waals surface area contributed by atoms with E-state index in [1.807, 2.05) is 27.7 Å². The number of carboxylic acid groups (broad SMARTS) is 2. The van der Waals surface area contributed by atoms with Crippen LogP contribution in [0.25, 0.3) is 0 Å². The molecular formula is C26H38N2O8S2. The number of benzene rings is 2. The van der Waals surface area contributed by atoms with E-state index in [0.717, 1.165) is 25.7 Å². The Morgan fingerprint density at radius 2 is 0.789 bits per heavy atom. The molecule has 0 atom stereocenters. The molecular weight excluding hydrogens is 532 g/mol. The van der Waals surface area contributed by atoms with Crippen LogP contribution < -0.4 is 0 Å². The third kappa shape index (κ3) is 9.19. The minimum absolute atomic E-state index is 0.0801. The van der Waals surface area contributed by atoms with Crippen LogP contribution >= 0.6 is 0 Å². The van der Waals surface area contributed by atoms with Gasteiger partial charge in [-0.25, -0.2) is 26.4 Å². The smallest absolute Gasteiger partial charge is 0.335 e. The summed E-state index contributed by atoms with van der Waals surface area (Å²) in [7, 11) is -7.05. The van der Waals surface area contributed by atoms with E-state index in [1.165, 1.54) is 57.1 Å². The largest absolute Gasteiger partial charge is 0.478 e. The van der Waals surface area contributed by atoms with Gasteiger partial charge in [0.1, 0.15) is 0 Å². The normalized spacial score (nSPS) is 11.7. The lowest BCUT2D eigenvalue weighted by atomic mass is 10.2. The third-order valence-corrected chi connectivity index (χ3v) is 9.20. The fourth-order valence-corrected chi connectivity index (χ4v) is 6.79. The maximum atomic E-state index is 12.4. The summed E-state index contributed by atoms with van der Waals surface area (Å²) in [5.74, 6) is -2.13. The van der Waals surface area contributed by atoms with Crippen molar-refractivity contribution in [2.24, 2.45) is 0 Å². The van der Waals surface area contributed by atoms with Crippen molar-refractivity contribution in [1.82, 2.24) is 8.61 Å². The number of hydrogen-bond donors (Lipinski definition) is 2. The van der Waals surface area contributed by atoms with Gasteiger partial charge in [-0.3, -0.25) is 0 Å². The lowest BCUT2D eigenvalue weighted by molar-refractivity contribution is 0.0686. The van der Waals surface area contributed by atoms with E-state index in [0.29, 0.717) is 26.2 Å². The predicted octanol–water partition coefficient (Wildman–Crippen LogP) is 4.39. The fraction of sp³-hybridized carbons (Fsp3) is 0.462. The first-order chi connectivity index (χ1) is 17.9. The Hall–Kier alpha value is -2.80. The molecule has 0 amide bonds. The Morgan fingerprint density at radius 1 is 0.553 bits per heavy atom. The summed E-state index contributed by atoms with van der Waals surface area (Å²) in [6, 6.07) is 10.6. The second-order valence-electron chi connectivity index (χ2n) is 8.47. The minimum atomic E-state index is -3.53. The molecule has 0 saturated carbocycles. The van der Waals surface area contributed by atoms with Crippen molar-refractivity contribution in [3.05, 3.63) is 59.7 Å². The van der Waals surface area contributed by atoms with Crippen molar-refractivity contribution < 1.29 is 36.6 Å². The van der Waals surface area contributed by atoms with Crippen LogP contribution in [-0.2, 0) is 20.0 Å². The molecule has 10 nitrogen and oxygen atoms in total. The molecule has 38 heavy (non-hydrogen) atoms. The van der Waals surface area contributed by atoms with Crippen molar-refractivity contribution in [3.63, 3.8) is 0 Å². The predicted molar refractivity (Wildman–Crippen MR) is 145 cm³/mol. The summed E-state index contributed by atoms with van der Waals surface area (Å²) in [5.41, 5.74) is 0.160. The molecule has 0 aliphatic rings. The first kappa shape index (κ1) is 33.2. The lowest BCUT2D eigenvalue weighted by Gasteiger charge is -2.20. The SMILES string of the molecule is CCCN(CCC)S(=O)(=O)c1ccc(C(=O)O)cc1.CCCN(CCC)S(=O)(=O)c1ccc(C(=O)O)cc1. The van der Waals surface area contributed by atoms with Crippen LogP contribution in [0.1, 0.15) is 74.1 Å². The molecule has 2 aromatic rings. The Kier molecular flexibility index (Phi) is 13.6. The van der Waals surface area contributed by atoms with E-state index >= 15 is 0 Å². The number of hydrogen-bond acceptors (Lipinski definition) is 6. The molecule has 2 aromatic carbocycles. The Labute approximate surface area is 226 Å². The standard InChI is InChI=1S/2C13H19NO4S/c2*1-3-9-14(10-4-2)19(17,18)12-7-5-11(6-8-12)13(15)16/h2*5-8H,3-4,9-10H2,1-2H3,(H,15,16). The Balaban J connectivity index is 0.000000380. The average Bonchev–Trinajstić information content (AvgIpc) is 2.89. The maximum Gasteiger partial charge on any atom is 0.335 e. The molecule has 0 aliphatic carbocycles. The summed E-state index contributed by atoms with van der Waals surface area (Å²) in [5, 5.41) is 17.6. The van der Waals surface area contributed by atoms with Crippen LogP contribution in [0.4, 0.5) is 0 Å². The van der Waals surface area contributed by atoms with Crippen molar-refractivity contribution in [3.8, 4) is 0 Å². The highest BCUT2D eigenvalue weighted by Crippen LogP contribution is 2.18. The second kappa shape index (κ2) is 15.6. The molecule has 0 unspecified atom stereocenters. The van der Waals surface area contributed by atoms with E-state index < -0.39 is 32.0 Å². The molecule has 0 radical (unpaired) electrons. The van der Waals surface area contributed by atoms with Crippen LogP contribution in [-0.4, -0.2) is 73.8 Å². The quantitative estimate of drug-likeness (QED) is 0.340. The van der Waals surface area contributed by atoms with Gasteiger partial charge in [-0.2, -0.15) is 8.61 Å². The van der Waals surface area contributed by atoms with E-state index in [-0.39, 0.29) is 20.9 Å². The number of carbonyl (C=O) groups is 2. The van der Waals surface area contributed by atoms with Crippen LogP contribution in [0.2, 0.25) is 0 Å². The zero-order chi connectivity index (χ0) is 28.9. The molecule has 0 aromatic heterocycles. The summed E-state index contributed by atoms with van der Waals surface area (Å²) in [6.45, 7) is 9.57. The van der Waals surface area contributed by atoms with Crippen molar-refractivity contribution in [2.45, 2.75) is 63.2 Å². The highest BCUT2D eigenvalue weighted by molar-refractivity contribution is 7.89. The number of nitrogens with zero attached hydrogens (tertiary/aromatic N) is 2. The van der Waals surface area contributed by atoms with Gasteiger partial charge in [0, 0.05) is 26.2 Å².